The number of methoxy groups -OCH3 is 1. The summed E-state index contributed by atoms with van der Waals surface area (Å²) in [5.41, 5.74) is 0.603. The number of nitrogens with one attached hydrogen (secondary N) is 1. The summed E-state index contributed by atoms with van der Waals surface area (Å²) in [7, 11) is 1.59. The van der Waals surface area contributed by atoms with Crippen molar-refractivity contribution < 1.29 is 14.1 Å². The van der Waals surface area contributed by atoms with Gasteiger partial charge < -0.3 is 14.6 Å². The largest absolute Gasteiger partial charge is 0.496 e. The smallest absolute Gasteiger partial charge is 0.228 e. The molecule has 1 atom stereocenters. The second-order valence-electron chi connectivity index (χ2n) is 5.10. The molecule has 0 bridgehead atoms. The van der Waals surface area contributed by atoms with Crippen molar-refractivity contribution in [3.8, 4) is 5.75 Å². The van der Waals surface area contributed by atoms with Crippen LogP contribution in [0.5, 0.6) is 5.75 Å². The predicted molar refractivity (Wildman–Crippen MR) is 82.5 cm³/mol. The van der Waals surface area contributed by atoms with Crippen LogP contribution in [-0.2, 0) is 4.79 Å². The monoisotopic (exact) mass is 290 g/mol. The number of anilines is 1. The molecule has 21 heavy (non-hydrogen) atoms. The summed E-state index contributed by atoms with van der Waals surface area (Å²) in [5.74, 6) is 1.08. The van der Waals surface area contributed by atoms with Crippen molar-refractivity contribution in [2.75, 3.05) is 12.4 Å². The molecule has 2 rings (SSSR count). The fourth-order valence-electron chi connectivity index (χ4n) is 2.41. The number of ether oxygens (including phenoxy) is 1. The second-order valence-corrected chi connectivity index (χ2v) is 5.10. The van der Waals surface area contributed by atoms with E-state index in [1.165, 1.54) is 0 Å². The van der Waals surface area contributed by atoms with E-state index in [-0.39, 0.29) is 11.8 Å². The van der Waals surface area contributed by atoms with E-state index in [2.05, 4.69) is 17.4 Å². The van der Waals surface area contributed by atoms with Crippen LogP contribution in [0.3, 0.4) is 0 Å². The molecule has 0 saturated carbocycles. The van der Waals surface area contributed by atoms with Crippen LogP contribution in [0.2, 0.25) is 0 Å². The molecule has 0 saturated heterocycles. The Kier molecular flexibility index (Phi) is 5.20. The van der Waals surface area contributed by atoms with Crippen molar-refractivity contribution in [1.29, 1.82) is 0 Å². The Bertz CT molecular complexity index is 607. The SMILES string of the molecule is CCCCC(CC)C(=O)Nc1noc2cccc(OC)c12. The lowest BCUT2D eigenvalue weighted by atomic mass is 9.98. The molecular formula is C16H22N2O3. The van der Waals surface area contributed by atoms with Crippen molar-refractivity contribution in [3.05, 3.63) is 18.2 Å². The average Bonchev–Trinajstić information content (AvgIpc) is 2.91. The zero-order valence-electron chi connectivity index (χ0n) is 12.8. The Hall–Kier alpha value is -2.04. The number of carbonyl (C=O) groups is 1. The van der Waals surface area contributed by atoms with Gasteiger partial charge in [0.15, 0.2) is 11.4 Å². The quantitative estimate of drug-likeness (QED) is 0.837. The van der Waals surface area contributed by atoms with Gasteiger partial charge in [-0.15, -0.1) is 0 Å². The summed E-state index contributed by atoms with van der Waals surface area (Å²) in [6, 6.07) is 5.45. The Labute approximate surface area is 124 Å². The molecule has 1 N–H and O–H groups in total. The number of fused-ring (bicyclic) bond motifs is 1. The molecule has 1 heterocycles. The van der Waals surface area contributed by atoms with Crippen LogP contribution >= 0.6 is 0 Å². The number of aromatic nitrogens is 1. The van der Waals surface area contributed by atoms with Gasteiger partial charge >= 0.3 is 0 Å². The third-order valence-corrected chi connectivity index (χ3v) is 3.69. The fraction of sp³-hybridized carbons (Fsp3) is 0.500. The Balaban J connectivity index is 2.21. The lowest BCUT2D eigenvalue weighted by Gasteiger charge is -2.13. The van der Waals surface area contributed by atoms with Crippen LogP contribution in [0.1, 0.15) is 39.5 Å². The minimum atomic E-state index is -0.00736. The number of nitrogens with zero attached hydrogens (tertiary/aromatic N) is 1. The highest BCUT2D eigenvalue weighted by molar-refractivity contribution is 6.02. The average molecular weight is 290 g/mol. The lowest BCUT2D eigenvalue weighted by molar-refractivity contribution is -0.120. The fourth-order valence-corrected chi connectivity index (χ4v) is 2.41. The van der Waals surface area contributed by atoms with Crippen molar-refractivity contribution in [1.82, 2.24) is 5.16 Å². The number of rotatable bonds is 7. The van der Waals surface area contributed by atoms with Crippen LogP contribution in [0.25, 0.3) is 11.0 Å². The minimum absolute atomic E-state index is 0.00593. The van der Waals surface area contributed by atoms with Gasteiger partial charge in [0.2, 0.25) is 5.91 Å². The molecule has 0 spiro atoms. The highest BCUT2D eigenvalue weighted by atomic mass is 16.5. The molecule has 2 aromatic rings. The molecule has 1 aromatic carbocycles. The highest BCUT2D eigenvalue weighted by Gasteiger charge is 2.20. The van der Waals surface area contributed by atoms with E-state index in [4.69, 9.17) is 9.26 Å². The third kappa shape index (κ3) is 3.35. The highest BCUT2D eigenvalue weighted by Crippen LogP contribution is 2.32. The standard InChI is InChI=1S/C16H22N2O3/c1-4-6-8-11(5-2)16(19)17-15-14-12(20-3)9-7-10-13(14)21-18-15/h7,9-11H,4-6,8H2,1-3H3,(H,17,18,19). The predicted octanol–water partition coefficient (Wildman–Crippen LogP) is 3.99. The van der Waals surface area contributed by atoms with Crippen molar-refractivity contribution in [3.63, 3.8) is 0 Å². The van der Waals surface area contributed by atoms with Gasteiger partial charge in [0.1, 0.15) is 11.1 Å². The van der Waals surface area contributed by atoms with Gasteiger partial charge in [0.05, 0.1) is 7.11 Å². The minimum Gasteiger partial charge on any atom is -0.496 e. The summed E-state index contributed by atoms with van der Waals surface area (Å²) >= 11 is 0. The van der Waals surface area contributed by atoms with E-state index in [1.807, 2.05) is 19.1 Å². The number of carbonyl (C=O) groups excluding carboxylic acids is 1. The number of benzene rings is 1. The molecule has 0 radical (unpaired) electrons. The van der Waals surface area contributed by atoms with Gasteiger partial charge in [-0.05, 0) is 25.0 Å². The van der Waals surface area contributed by atoms with Crippen molar-refractivity contribution in [2.45, 2.75) is 39.5 Å². The zero-order valence-corrected chi connectivity index (χ0v) is 12.8. The van der Waals surface area contributed by atoms with Gasteiger partial charge in [0, 0.05) is 5.92 Å². The molecule has 0 aliphatic rings. The maximum atomic E-state index is 12.4. The molecule has 0 fully saturated rings. The van der Waals surface area contributed by atoms with Crippen molar-refractivity contribution in [2.24, 2.45) is 5.92 Å². The van der Waals surface area contributed by atoms with Crippen LogP contribution in [0.15, 0.2) is 22.7 Å². The van der Waals surface area contributed by atoms with E-state index in [0.717, 1.165) is 25.7 Å². The molecule has 5 heteroatoms. The lowest BCUT2D eigenvalue weighted by Crippen LogP contribution is -2.22. The van der Waals surface area contributed by atoms with Crippen molar-refractivity contribution >= 4 is 22.7 Å². The molecule has 1 amide bonds. The summed E-state index contributed by atoms with van der Waals surface area (Å²) < 4.78 is 10.6. The van der Waals surface area contributed by atoms with E-state index in [0.29, 0.717) is 22.5 Å². The number of hydrogen-bond acceptors (Lipinski definition) is 4. The van der Waals surface area contributed by atoms with Gasteiger partial charge in [-0.3, -0.25) is 4.79 Å². The van der Waals surface area contributed by atoms with Gasteiger partial charge in [-0.25, -0.2) is 0 Å². The number of hydrogen-bond donors (Lipinski definition) is 1. The van der Waals surface area contributed by atoms with Gasteiger partial charge in [0.25, 0.3) is 0 Å². The van der Waals surface area contributed by atoms with Crippen LogP contribution < -0.4 is 10.1 Å². The normalized spacial score (nSPS) is 12.3. The first kappa shape index (κ1) is 15.4. The van der Waals surface area contributed by atoms with Gasteiger partial charge in [-0.1, -0.05) is 37.9 Å². The first-order valence-electron chi connectivity index (χ1n) is 7.44. The van der Waals surface area contributed by atoms with E-state index in [1.54, 1.807) is 13.2 Å². The van der Waals surface area contributed by atoms with Crippen LogP contribution in [0, 0.1) is 5.92 Å². The summed E-state index contributed by atoms with van der Waals surface area (Å²) in [6.45, 7) is 4.15. The molecule has 1 unspecified atom stereocenters. The molecule has 1 aromatic heterocycles. The second kappa shape index (κ2) is 7.11. The third-order valence-electron chi connectivity index (χ3n) is 3.69. The van der Waals surface area contributed by atoms with Crippen LogP contribution in [-0.4, -0.2) is 18.2 Å². The van der Waals surface area contributed by atoms with E-state index >= 15 is 0 Å². The number of amides is 1. The Morgan fingerprint density at radius 2 is 2.24 bits per heavy atom. The topological polar surface area (TPSA) is 64.4 Å². The summed E-state index contributed by atoms with van der Waals surface area (Å²) in [6.07, 6.45) is 3.85. The maximum Gasteiger partial charge on any atom is 0.228 e. The zero-order chi connectivity index (χ0) is 15.2. The summed E-state index contributed by atoms with van der Waals surface area (Å²) in [4.78, 5) is 12.4. The summed E-state index contributed by atoms with van der Waals surface area (Å²) in [5, 5.41) is 7.54. The van der Waals surface area contributed by atoms with E-state index in [9.17, 15) is 4.79 Å². The number of unbranched alkanes of at least 4 members (excludes halogenated alkanes) is 1. The van der Waals surface area contributed by atoms with E-state index < -0.39 is 0 Å². The first-order chi connectivity index (χ1) is 10.2. The Morgan fingerprint density at radius 1 is 1.43 bits per heavy atom. The molecule has 0 aliphatic carbocycles. The maximum absolute atomic E-state index is 12.4. The molecular weight excluding hydrogens is 268 g/mol. The van der Waals surface area contributed by atoms with Crippen LogP contribution in [0.4, 0.5) is 5.82 Å². The first-order valence-corrected chi connectivity index (χ1v) is 7.44. The molecule has 114 valence electrons. The molecule has 5 nitrogen and oxygen atoms in total. The molecule has 0 aliphatic heterocycles. The Morgan fingerprint density at radius 3 is 2.90 bits per heavy atom. The van der Waals surface area contributed by atoms with Gasteiger partial charge in [-0.2, -0.15) is 0 Å².